The molecule has 0 saturated carbocycles. The van der Waals surface area contributed by atoms with Crippen LogP contribution in [-0.2, 0) is 0 Å². The highest BCUT2D eigenvalue weighted by Crippen LogP contribution is 2.42. The molecule has 0 atom stereocenters. The highest BCUT2D eigenvalue weighted by molar-refractivity contribution is 7.25. The molecule has 0 N–H and O–H groups in total. The second-order valence-corrected chi connectivity index (χ2v) is 17.6. The van der Waals surface area contributed by atoms with Gasteiger partial charge in [-0.3, -0.25) is 0 Å². The third-order valence-electron chi connectivity index (χ3n) is 13.0. The zero-order chi connectivity index (χ0) is 41.4. The molecule has 0 amide bonds. The van der Waals surface area contributed by atoms with E-state index in [0.29, 0.717) is 0 Å². The van der Waals surface area contributed by atoms with E-state index in [1.807, 2.05) is 11.3 Å². The molecule has 0 fully saturated rings. The van der Waals surface area contributed by atoms with Crippen LogP contribution in [0, 0.1) is 0 Å². The van der Waals surface area contributed by atoms with E-state index in [1.165, 1.54) is 96.5 Å². The molecular formula is C60H38N2S. The van der Waals surface area contributed by atoms with Crippen LogP contribution >= 0.6 is 11.3 Å². The van der Waals surface area contributed by atoms with E-state index in [1.54, 1.807) is 0 Å². The van der Waals surface area contributed by atoms with Crippen LogP contribution in [0.25, 0.3) is 102 Å². The van der Waals surface area contributed by atoms with Crippen LogP contribution in [0.1, 0.15) is 0 Å². The van der Waals surface area contributed by atoms with E-state index in [-0.39, 0.29) is 0 Å². The van der Waals surface area contributed by atoms with Gasteiger partial charge in [-0.2, -0.15) is 0 Å². The number of benzene rings is 11. The van der Waals surface area contributed by atoms with Crippen LogP contribution in [0.2, 0.25) is 0 Å². The van der Waals surface area contributed by atoms with Crippen molar-refractivity contribution in [1.29, 1.82) is 0 Å². The maximum absolute atomic E-state index is 2.44. The second-order valence-electron chi connectivity index (χ2n) is 16.5. The van der Waals surface area contributed by atoms with E-state index in [0.717, 1.165) is 22.7 Å². The van der Waals surface area contributed by atoms with E-state index >= 15 is 0 Å². The van der Waals surface area contributed by atoms with Gasteiger partial charge in [0.15, 0.2) is 0 Å². The summed E-state index contributed by atoms with van der Waals surface area (Å²) in [5.74, 6) is 0. The van der Waals surface area contributed by atoms with Gasteiger partial charge in [-0.15, -0.1) is 11.3 Å². The minimum Gasteiger partial charge on any atom is -0.310 e. The Morgan fingerprint density at radius 2 is 0.810 bits per heavy atom. The van der Waals surface area contributed by atoms with Crippen molar-refractivity contribution in [3.05, 3.63) is 231 Å². The number of anilines is 3. The summed E-state index contributed by atoms with van der Waals surface area (Å²) in [4.78, 5) is 2.39. The third kappa shape index (κ3) is 5.85. The number of rotatable bonds is 6. The van der Waals surface area contributed by atoms with Crippen LogP contribution in [0.3, 0.4) is 0 Å². The number of hydrogen-bond acceptors (Lipinski definition) is 2. The van der Waals surface area contributed by atoms with Crippen molar-refractivity contribution < 1.29 is 0 Å². The Balaban J connectivity index is 0.921. The van der Waals surface area contributed by atoms with Crippen LogP contribution in [0.5, 0.6) is 0 Å². The largest absolute Gasteiger partial charge is 0.310 e. The second kappa shape index (κ2) is 14.3. The molecule has 294 valence electrons. The molecule has 0 unspecified atom stereocenters. The number of fused-ring (bicyclic) bond motifs is 11. The zero-order valence-electron chi connectivity index (χ0n) is 34.2. The van der Waals surface area contributed by atoms with Crippen molar-refractivity contribution in [2.75, 3.05) is 4.90 Å². The topological polar surface area (TPSA) is 8.17 Å². The van der Waals surface area contributed by atoms with Crippen molar-refractivity contribution in [2.45, 2.75) is 0 Å². The van der Waals surface area contributed by atoms with E-state index in [9.17, 15) is 0 Å². The number of para-hydroxylation sites is 1. The number of hydrogen-bond donors (Lipinski definition) is 0. The quantitative estimate of drug-likeness (QED) is 0.152. The highest BCUT2D eigenvalue weighted by Gasteiger charge is 2.18. The molecule has 0 aliphatic rings. The molecule has 0 bridgehead atoms. The normalized spacial score (nSPS) is 11.8. The summed E-state index contributed by atoms with van der Waals surface area (Å²) in [5.41, 5.74) is 11.7. The summed E-state index contributed by atoms with van der Waals surface area (Å²) in [5, 5.41) is 12.7. The monoisotopic (exact) mass is 818 g/mol. The first kappa shape index (κ1) is 35.7. The van der Waals surface area contributed by atoms with Crippen molar-refractivity contribution in [2.24, 2.45) is 0 Å². The van der Waals surface area contributed by atoms with Gasteiger partial charge in [0.25, 0.3) is 0 Å². The van der Waals surface area contributed by atoms with Crippen molar-refractivity contribution in [1.82, 2.24) is 4.57 Å². The van der Waals surface area contributed by atoms with Gasteiger partial charge in [0.1, 0.15) is 0 Å². The standard InChI is InChI=1S/C60H38N2S/c1-2-12-46(13-3-1)62-57-37-43(25-32-53(57)56-34-24-42-11-5-7-15-52(42)60(56)62)39-20-27-47(28-21-39)61(49-31-35-51-45(36-49)19-18-41-10-4-6-14-50(41)51)48-29-22-40(23-30-48)44-26-33-55-54-16-8-9-17-58(54)63-59(55)38-44/h1-38H. The van der Waals surface area contributed by atoms with E-state index < -0.39 is 0 Å². The van der Waals surface area contributed by atoms with Crippen molar-refractivity contribution in [3.63, 3.8) is 0 Å². The lowest BCUT2D eigenvalue weighted by molar-refractivity contribution is 1.19. The molecule has 0 spiro atoms. The first-order valence-corrected chi connectivity index (χ1v) is 22.4. The first-order valence-electron chi connectivity index (χ1n) is 21.6. The average molecular weight is 819 g/mol. The fourth-order valence-electron chi connectivity index (χ4n) is 9.90. The van der Waals surface area contributed by atoms with Crippen LogP contribution in [0.15, 0.2) is 231 Å². The molecular weight excluding hydrogens is 781 g/mol. The predicted molar refractivity (Wildman–Crippen MR) is 272 cm³/mol. The summed E-state index contributed by atoms with van der Waals surface area (Å²) in [6.45, 7) is 0. The van der Waals surface area contributed by atoms with Crippen molar-refractivity contribution in [3.8, 4) is 27.9 Å². The highest BCUT2D eigenvalue weighted by atomic mass is 32.1. The Labute approximate surface area is 368 Å². The molecule has 2 heterocycles. The lowest BCUT2D eigenvalue weighted by Crippen LogP contribution is -2.09. The Bertz CT molecular complexity index is 3900. The SMILES string of the molecule is c1ccc(-n2c3cc(-c4ccc(N(c5ccc(-c6ccc7c(c6)sc6ccccc67)cc5)c5ccc6c(ccc7ccccc76)c5)cc4)ccc3c3ccc4ccccc4c32)cc1. The van der Waals surface area contributed by atoms with Gasteiger partial charge in [0.05, 0.1) is 11.0 Å². The molecule has 0 radical (unpaired) electrons. The number of aromatic nitrogens is 1. The molecule has 2 nitrogen and oxygen atoms in total. The van der Waals surface area contributed by atoms with Gasteiger partial charge < -0.3 is 9.47 Å². The van der Waals surface area contributed by atoms with Gasteiger partial charge in [0, 0.05) is 59.1 Å². The lowest BCUT2D eigenvalue weighted by Gasteiger charge is -2.26. The maximum atomic E-state index is 2.44. The van der Waals surface area contributed by atoms with E-state index in [2.05, 4.69) is 240 Å². The maximum Gasteiger partial charge on any atom is 0.0619 e. The Morgan fingerprint density at radius 1 is 0.302 bits per heavy atom. The summed E-state index contributed by atoms with van der Waals surface area (Å²) in [6, 6.07) is 84.8. The smallest absolute Gasteiger partial charge is 0.0619 e. The number of thiophene rings is 1. The van der Waals surface area contributed by atoms with Gasteiger partial charge in [-0.25, -0.2) is 0 Å². The Hall–Kier alpha value is -7.98. The molecule has 0 aliphatic carbocycles. The minimum atomic E-state index is 1.10. The van der Waals surface area contributed by atoms with Crippen LogP contribution in [0.4, 0.5) is 17.1 Å². The van der Waals surface area contributed by atoms with Gasteiger partial charge >= 0.3 is 0 Å². The van der Waals surface area contributed by atoms with Gasteiger partial charge in [-0.05, 0) is 116 Å². The fraction of sp³-hybridized carbons (Fsp3) is 0. The van der Waals surface area contributed by atoms with E-state index in [4.69, 9.17) is 0 Å². The minimum absolute atomic E-state index is 1.10. The number of nitrogens with zero attached hydrogens (tertiary/aromatic N) is 2. The van der Waals surface area contributed by atoms with Crippen molar-refractivity contribution >= 4 is 103 Å². The third-order valence-corrected chi connectivity index (χ3v) is 14.1. The summed E-state index contributed by atoms with van der Waals surface area (Å²) >= 11 is 1.87. The predicted octanol–water partition coefficient (Wildman–Crippen LogP) is 17.4. The summed E-state index contributed by atoms with van der Waals surface area (Å²) in [7, 11) is 0. The first-order chi connectivity index (χ1) is 31.2. The Kier molecular flexibility index (Phi) is 8.12. The molecule has 0 saturated heterocycles. The molecule has 3 heteroatoms. The molecule has 0 aliphatic heterocycles. The molecule has 11 aromatic carbocycles. The van der Waals surface area contributed by atoms with Crippen LogP contribution in [-0.4, -0.2) is 4.57 Å². The molecule has 2 aromatic heterocycles. The Morgan fingerprint density at radius 3 is 1.57 bits per heavy atom. The summed E-state index contributed by atoms with van der Waals surface area (Å²) in [6.07, 6.45) is 0. The zero-order valence-corrected chi connectivity index (χ0v) is 35.1. The van der Waals surface area contributed by atoms with Crippen LogP contribution < -0.4 is 4.90 Å². The van der Waals surface area contributed by atoms with Gasteiger partial charge in [-0.1, -0.05) is 164 Å². The molecule has 13 aromatic rings. The lowest BCUT2D eigenvalue weighted by atomic mass is 10.00. The molecule has 13 rings (SSSR count). The average Bonchev–Trinajstić information content (AvgIpc) is 3.90. The molecule has 63 heavy (non-hydrogen) atoms. The summed E-state index contributed by atoms with van der Waals surface area (Å²) < 4.78 is 5.09. The fourth-order valence-corrected chi connectivity index (χ4v) is 11.0. The van der Waals surface area contributed by atoms with Gasteiger partial charge in [0.2, 0.25) is 0 Å².